The summed E-state index contributed by atoms with van der Waals surface area (Å²) < 4.78 is 0. The van der Waals surface area contributed by atoms with Crippen molar-refractivity contribution < 1.29 is 0 Å². The van der Waals surface area contributed by atoms with Gasteiger partial charge in [0.05, 0.1) is 0 Å². The molecule has 0 saturated carbocycles. The molecule has 0 N–H and O–H groups in total. The van der Waals surface area contributed by atoms with Crippen molar-refractivity contribution in [3.8, 4) is 0 Å². The van der Waals surface area contributed by atoms with E-state index in [4.69, 9.17) is 0 Å². The van der Waals surface area contributed by atoms with E-state index in [0.717, 1.165) is 0 Å². The topological polar surface area (TPSA) is 0 Å². The Morgan fingerprint density at radius 1 is 0.375 bits per heavy atom. The number of hydrogen-bond donors (Lipinski definition) is 0. The maximum atomic E-state index is 2.50. The van der Waals surface area contributed by atoms with Gasteiger partial charge in [-0.3, -0.25) is 0 Å². The molecular formula is C40H58. The third-order valence-electron chi connectivity index (χ3n) is 9.58. The zero-order valence-corrected chi connectivity index (χ0v) is 26.6. The van der Waals surface area contributed by atoms with E-state index in [1.165, 1.54) is 172 Å². The van der Waals surface area contributed by atoms with E-state index in [1.54, 1.807) is 11.1 Å². The van der Waals surface area contributed by atoms with E-state index < -0.39 is 0 Å². The maximum absolute atomic E-state index is 2.50. The Morgan fingerprint density at radius 3 is 1.10 bits per heavy atom. The third-order valence-corrected chi connectivity index (χ3v) is 9.58. The minimum absolute atomic E-state index is 1.19. The van der Waals surface area contributed by atoms with Crippen LogP contribution in [0.5, 0.6) is 0 Å². The minimum Gasteiger partial charge on any atom is -0.0654 e. The first-order chi connectivity index (χ1) is 19.7. The summed E-state index contributed by atoms with van der Waals surface area (Å²) in [7, 11) is 0. The largest absolute Gasteiger partial charge is 0.0654 e. The zero-order valence-electron chi connectivity index (χ0n) is 26.6. The summed E-state index contributed by atoms with van der Waals surface area (Å²) in [5.74, 6) is 0. The van der Waals surface area contributed by atoms with Crippen LogP contribution in [-0.4, -0.2) is 0 Å². The van der Waals surface area contributed by atoms with Gasteiger partial charge in [0.25, 0.3) is 0 Å². The third kappa shape index (κ3) is 8.02. The van der Waals surface area contributed by atoms with Crippen LogP contribution >= 0.6 is 0 Å². The molecule has 0 heteroatoms. The smallest absolute Gasteiger partial charge is 0.00212 e. The normalized spacial score (nSPS) is 12.0. The first-order valence-electron chi connectivity index (χ1n) is 17.3. The van der Waals surface area contributed by atoms with Crippen molar-refractivity contribution in [1.82, 2.24) is 0 Å². The zero-order chi connectivity index (χ0) is 28.2. The highest BCUT2D eigenvalue weighted by atomic mass is 14.2. The molecule has 0 heterocycles. The van der Waals surface area contributed by atoms with E-state index >= 15 is 0 Å². The van der Waals surface area contributed by atoms with Crippen molar-refractivity contribution in [3.05, 3.63) is 58.7 Å². The number of unbranched alkanes of at least 4 members (excludes halogenated alkanes) is 16. The molecule has 4 aromatic carbocycles. The van der Waals surface area contributed by atoms with E-state index in [-0.39, 0.29) is 0 Å². The molecule has 0 fully saturated rings. The fourth-order valence-corrected chi connectivity index (χ4v) is 7.17. The Hall–Kier alpha value is -2.08. The Bertz CT molecular complexity index is 1290. The summed E-state index contributed by atoms with van der Waals surface area (Å²) in [6, 6.07) is 14.6. The highest BCUT2D eigenvalue weighted by molar-refractivity contribution is 6.25. The number of hydrogen-bond acceptors (Lipinski definition) is 0. The summed E-state index contributed by atoms with van der Waals surface area (Å²) in [5, 5.41) is 8.96. The second kappa shape index (κ2) is 16.4. The highest BCUT2D eigenvalue weighted by Gasteiger charge is 2.16. The molecule has 0 aromatic heterocycles. The summed E-state index contributed by atoms with van der Waals surface area (Å²) >= 11 is 0. The fourth-order valence-electron chi connectivity index (χ4n) is 7.17. The molecule has 0 unspecified atom stereocenters. The van der Waals surface area contributed by atoms with Crippen molar-refractivity contribution in [2.75, 3.05) is 0 Å². The predicted molar refractivity (Wildman–Crippen MR) is 181 cm³/mol. The van der Waals surface area contributed by atoms with Crippen LogP contribution < -0.4 is 0 Å². The van der Waals surface area contributed by atoms with Crippen LogP contribution in [0.3, 0.4) is 0 Å². The van der Waals surface area contributed by atoms with Crippen LogP contribution in [-0.2, 0) is 12.8 Å². The van der Waals surface area contributed by atoms with Crippen molar-refractivity contribution >= 4 is 32.3 Å². The van der Waals surface area contributed by atoms with Gasteiger partial charge in [-0.25, -0.2) is 0 Å². The van der Waals surface area contributed by atoms with E-state index in [9.17, 15) is 0 Å². The molecule has 218 valence electrons. The molecule has 0 nitrogen and oxygen atoms in total. The summed E-state index contributed by atoms with van der Waals surface area (Å²) in [5.41, 5.74) is 6.00. The molecule has 0 atom stereocenters. The van der Waals surface area contributed by atoms with Gasteiger partial charge in [-0.1, -0.05) is 153 Å². The highest BCUT2D eigenvalue weighted by Crippen LogP contribution is 2.40. The lowest BCUT2D eigenvalue weighted by molar-refractivity contribution is 0.529. The average Bonchev–Trinajstić information content (AvgIpc) is 2.96. The molecule has 0 aliphatic heterocycles. The molecule has 0 aliphatic carbocycles. The quantitative estimate of drug-likeness (QED) is 0.0775. The Labute approximate surface area is 246 Å². The van der Waals surface area contributed by atoms with Crippen LogP contribution in [0.1, 0.15) is 152 Å². The van der Waals surface area contributed by atoms with Gasteiger partial charge in [-0.2, -0.15) is 0 Å². The van der Waals surface area contributed by atoms with Gasteiger partial charge in [0.2, 0.25) is 0 Å². The summed E-state index contributed by atoms with van der Waals surface area (Å²) in [6.45, 7) is 9.25. The van der Waals surface area contributed by atoms with Gasteiger partial charge < -0.3 is 0 Å². The van der Waals surface area contributed by atoms with Crippen LogP contribution in [0.2, 0.25) is 0 Å². The van der Waals surface area contributed by atoms with Gasteiger partial charge in [0.1, 0.15) is 0 Å². The van der Waals surface area contributed by atoms with E-state index in [0.29, 0.717) is 0 Å². The maximum Gasteiger partial charge on any atom is -0.00212 e. The van der Waals surface area contributed by atoms with Crippen LogP contribution in [0.25, 0.3) is 32.3 Å². The molecule has 0 bridgehead atoms. The Kier molecular flexibility index (Phi) is 12.6. The summed E-state index contributed by atoms with van der Waals surface area (Å²) in [6.07, 6.45) is 27.8. The lowest BCUT2D eigenvalue weighted by atomic mass is 9.85. The Balaban J connectivity index is 1.24. The SMILES string of the molecule is CCCCCCCCCCCCCCCCCCc1cc(C)c2ccc3c(C)cc(CCCC)c4ccc1c2c34. The van der Waals surface area contributed by atoms with Crippen LogP contribution in [0, 0.1) is 13.8 Å². The summed E-state index contributed by atoms with van der Waals surface area (Å²) in [4.78, 5) is 0. The molecule has 0 amide bonds. The van der Waals surface area contributed by atoms with Crippen molar-refractivity contribution in [2.45, 2.75) is 156 Å². The Morgan fingerprint density at radius 2 is 0.700 bits per heavy atom. The van der Waals surface area contributed by atoms with Crippen molar-refractivity contribution in [3.63, 3.8) is 0 Å². The molecule has 40 heavy (non-hydrogen) atoms. The molecule has 0 radical (unpaired) electrons. The molecular weight excluding hydrogens is 480 g/mol. The molecule has 4 rings (SSSR count). The van der Waals surface area contributed by atoms with Crippen molar-refractivity contribution in [1.29, 1.82) is 0 Å². The van der Waals surface area contributed by atoms with Gasteiger partial charge in [0.15, 0.2) is 0 Å². The first kappa shape index (κ1) is 30.9. The monoisotopic (exact) mass is 538 g/mol. The van der Waals surface area contributed by atoms with Gasteiger partial charge in [-0.15, -0.1) is 0 Å². The lowest BCUT2D eigenvalue weighted by Crippen LogP contribution is -1.97. The predicted octanol–water partition coefficient (Wildman–Crippen LogP) is 13.3. The standard InChI is InChI=1S/C40H58/c1-5-7-9-10-11-12-13-14-15-16-17-18-19-20-21-22-24-34-30-32(4)36-26-25-35-31(3)29-33(23-8-6-2)37-27-28-38(34)40(36)39(35)37/h25-30H,5-24H2,1-4H3. The van der Waals surface area contributed by atoms with Crippen LogP contribution in [0.15, 0.2) is 36.4 Å². The number of benzene rings is 4. The van der Waals surface area contributed by atoms with Crippen molar-refractivity contribution in [2.24, 2.45) is 0 Å². The molecule has 0 aliphatic rings. The average molecular weight is 539 g/mol. The number of aryl methyl sites for hydroxylation is 4. The second-order valence-corrected chi connectivity index (χ2v) is 12.9. The lowest BCUT2D eigenvalue weighted by Gasteiger charge is -2.19. The first-order valence-corrected chi connectivity index (χ1v) is 17.3. The minimum atomic E-state index is 1.19. The fraction of sp³-hybridized carbons (Fsp3) is 0.600. The number of rotatable bonds is 20. The van der Waals surface area contributed by atoms with Gasteiger partial charge in [0, 0.05) is 0 Å². The molecule has 4 aromatic rings. The van der Waals surface area contributed by atoms with E-state index in [2.05, 4.69) is 64.1 Å². The van der Waals surface area contributed by atoms with E-state index in [1.807, 2.05) is 0 Å². The van der Waals surface area contributed by atoms with Gasteiger partial charge in [-0.05, 0) is 94.1 Å². The van der Waals surface area contributed by atoms with Crippen LogP contribution in [0.4, 0.5) is 0 Å². The van der Waals surface area contributed by atoms with Gasteiger partial charge >= 0.3 is 0 Å². The molecule has 0 spiro atoms. The molecule has 0 saturated heterocycles. The second-order valence-electron chi connectivity index (χ2n) is 12.9.